The average Bonchev–Trinajstić information content (AvgIpc) is 2.80. The van der Waals surface area contributed by atoms with Crippen molar-refractivity contribution in [1.82, 2.24) is 10.2 Å². The second-order valence-electron chi connectivity index (χ2n) is 8.26. The Morgan fingerprint density at radius 2 is 1.74 bits per heavy atom. The molecule has 0 aliphatic heterocycles. The number of benzene rings is 2. The first kappa shape index (κ1) is 27.7. The van der Waals surface area contributed by atoms with E-state index in [1.807, 2.05) is 32.0 Å². The van der Waals surface area contributed by atoms with Crippen molar-refractivity contribution in [2.75, 3.05) is 23.7 Å². The SMILES string of the molecule is CCCCNC(=O)[C@H](C)N(Cc1cccc(Cl)c1)C(=O)CN(c1ccc(CC)cc1)S(C)(=O)=O. The second kappa shape index (κ2) is 12.8. The van der Waals surface area contributed by atoms with Gasteiger partial charge in [-0.15, -0.1) is 0 Å². The van der Waals surface area contributed by atoms with E-state index in [4.69, 9.17) is 11.6 Å². The van der Waals surface area contributed by atoms with Crippen LogP contribution in [0.2, 0.25) is 5.02 Å². The summed E-state index contributed by atoms with van der Waals surface area (Å²) in [6, 6.07) is 13.3. The van der Waals surface area contributed by atoms with E-state index in [1.54, 1.807) is 37.3 Å². The normalized spacial score (nSPS) is 12.1. The Morgan fingerprint density at radius 1 is 1.06 bits per heavy atom. The predicted molar refractivity (Wildman–Crippen MR) is 137 cm³/mol. The highest BCUT2D eigenvalue weighted by Gasteiger charge is 2.30. The molecule has 0 unspecified atom stereocenters. The molecule has 0 aromatic heterocycles. The minimum Gasteiger partial charge on any atom is -0.354 e. The third-order valence-electron chi connectivity index (χ3n) is 5.55. The predicted octanol–water partition coefficient (Wildman–Crippen LogP) is 4.00. The van der Waals surface area contributed by atoms with Crippen molar-refractivity contribution in [2.45, 2.75) is 52.6 Å². The van der Waals surface area contributed by atoms with Crippen LogP contribution in [-0.2, 0) is 32.6 Å². The summed E-state index contributed by atoms with van der Waals surface area (Å²) in [5.74, 6) is -0.773. The molecular formula is C25H34ClN3O4S. The lowest BCUT2D eigenvalue weighted by molar-refractivity contribution is -0.139. The molecule has 2 aromatic rings. The summed E-state index contributed by atoms with van der Waals surface area (Å²) in [4.78, 5) is 27.6. The Bertz CT molecular complexity index is 1070. The Balaban J connectivity index is 2.34. The summed E-state index contributed by atoms with van der Waals surface area (Å²) in [6.45, 7) is 5.89. The zero-order valence-electron chi connectivity index (χ0n) is 20.3. The van der Waals surface area contributed by atoms with Crippen LogP contribution in [0, 0.1) is 0 Å². The molecule has 186 valence electrons. The maximum Gasteiger partial charge on any atom is 0.244 e. The van der Waals surface area contributed by atoms with E-state index in [9.17, 15) is 18.0 Å². The molecule has 2 aromatic carbocycles. The van der Waals surface area contributed by atoms with Crippen LogP contribution < -0.4 is 9.62 Å². The molecule has 0 radical (unpaired) electrons. The largest absolute Gasteiger partial charge is 0.354 e. The first-order chi connectivity index (χ1) is 16.1. The van der Waals surface area contributed by atoms with Gasteiger partial charge in [0.15, 0.2) is 0 Å². The Morgan fingerprint density at radius 3 is 2.29 bits per heavy atom. The molecule has 0 heterocycles. The van der Waals surface area contributed by atoms with Crippen LogP contribution in [-0.4, -0.2) is 50.5 Å². The van der Waals surface area contributed by atoms with Crippen molar-refractivity contribution < 1.29 is 18.0 Å². The van der Waals surface area contributed by atoms with Crippen LogP contribution in [0.15, 0.2) is 48.5 Å². The number of hydrogen-bond donors (Lipinski definition) is 1. The van der Waals surface area contributed by atoms with Gasteiger partial charge in [0.2, 0.25) is 21.8 Å². The fraction of sp³-hybridized carbons (Fsp3) is 0.440. The molecule has 0 spiro atoms. The monoisotopic (exact) mass is 507 g/mol. The van der Waals surface area contributed by atoms with Gasteiger partial charge >= 0.3 is 0 Å². The minimum atomic E-state index is -3.75. The van der Waals surface area contributed by atoms with Gasteiger partial charge in [-0.05, 0) is 55.2 Å². The van der Waals surface area contributed by atoms with Gasteiger partial charge in [0.1, 0.15) is 12.6 Å². The number of aryl methyl sites for hydroxylation is 1. The highest BCUT2D eigenvalue weighted by molar-refractivity contribution is 7.92. The molecule has 1 atom stereocenters. The van der Waals surface area contributed by atoms with E-state index in [0.717, 1.165) is 41.0 Å². The first-order valence-corrected chi connectivity index (χ1v) is 13.7. The van der Waals surface area contributed by atoms with Gasteiger partial charge in [0.25, 0.3) is 0 Å². The van der Waals surface area contributed by atoms with Crippen LogP contribution in [0.25, 0.3) is 0 Å². The zero-order chi connectivity index (χ0) is 25.3. The van der Waals surface area contributed by atoms with Crippen molar-refractivity contribution in [3.8, 4) is 0 Å². The molecule has 0 bridgehead atoms. The molecule has 2 amide bonds. The zero-order valence-corrected chi connectivity index (χ0v) is 21.8. The Hall–Kier alpha value is -2.58. The summed E-state index contributed by atoms with van der Waals surface area (Å²) < 4.78 is 26.2. The van der Waals surface area contributed by atoms with Crippen LogP contribution in [0.5, 0.6) is 0 Å². The van der Waals surface area contributed by atoms with Crippen LogP contribution >= 0.6 is 11.6 Å². The fourth-order valence-electron chi connectivity index (χ4n) is 3.46. The van der Waals surface area contributed by atoms with Gasteiger partial charge in [0.05, 0.1) is 11.9 Å². The fourth-order valence-corrected chi connectivity index (χ4v) is 4.52. The quantitative estimate of drug-likeness (QED) is 0.440. The molecule has 9 heteroatoms. The molecular weight excluding hydrogens is 474 g/mol. The van der Waals surface area contributed by atoms with E-state index >= 15 is 0 Å². The third kappa shape index (κ3) is 8.02. The average molecular weight is 508 g/mol. The first-order valence-electron chi connectivity index (χ1n) is 11.4. The van der Waals surface area contributed by atoms with Gasteiger partial charge in [-0.2, -0.15) is 0 Å². The van der Waals surface area contributed by atoms with Crippen LogP contribution in [0.4, 0.5) is 5.69 Å². The summed E-state index contributed by atoms with van der Waals surface area (Å²) >= 11 is 6.11. The minimum absolute atomic E-state index is 0.119. The molecule has 7 nitrogen and oxygen atoms in total. The summed E-state index contributed by atoms with van der Waals surface area (Å²) in [6.07, 6.45) is 3.64. The third-order valence-corrected chi connectivity index (χ3v) is 6.93. The number of carbonyl (C=O) groups is 2. The van der Waals surface area contributed by atoms with E-state index in [0.29, 0.717) is 17.3 Å². The topological polar surface area (TPSA) is 86.8 Å². The Labute approximate surface area is 208 Å². The summed E-state index contributed by atoms with van der Waals surface area (Å²) in [5, 5.41) is 3.37. The van der Waals surface area contributed by atoms with Gasteiger partial charge < -0.3 is 10.2 Å². The number of rotatable bonds is 12. The molecule has 0 saturated heterocycles. The maximum absolute atomic E-state index is 13.5. The van der Waals surface area contributed by atoms with Crippen LogP contribution in [0.3, 0.4) is 0 Å². The number of unbranched alkanes of at least 4 members (excludes halogenated alkanes) is 1. The van der Waals surface area contributed by atoms with Gasteiger partial charge in [0, 0.05) is 18.1 Å². The second-order valence-corrected chi connectivity index (χ2v) is 10.6. The number of nitrogens with one attached hydrogen (secondary N) is 1. The number of nitrogens with zero attached hydrogens (tertiary/aromatic N) is 2. The highest BCUT2D eigenvalue weighted by Crippen LogP contribution is 2.20. The van der Waals surface area contributed by atoms with Crippen LogP contribution in [0.1, 0.15) is 44.7 Å². The van der Waals surface area contributed by atoms with Crippen molar-refractivity contribution in [1.29, 1.82) is 0 Å². The van der Waals surface area contributed by atoms with Crippen molar-refractivity contribution in [2.24, 2.45) is 0 Å². The summed E-state index contributed by atoms with van der Waals surface area (Å²) in [5.41, 5.74) is 2.20. The van der Waals surface area contributed by atoms with Gasteiger partial charge in [-0.1, -0.05) is 56.1 Å². The Kier molecular flexibility index (Phi) is 10.4. The van der Waals surface area contributed by atoms with E-state index in [1.165, 1.54) is 4.90 Å². The molecule has 0 aliphatic carbocycles. The van der Waals surface area contributed by atoms with Gasteiger partial charge in [-0.3, -0.25) is 13.9 Å². The van der Waals surface area contributed by atoms with Gasteiger partial charge in [-0.25, -0.2) is 8.42 Å². The molecule has 34 heavy (non-hydrogen) atoms. The number of anilines is 1. The van der Waals surface area contributed by atoms with E-state index in [2.05, 4.69) is 5.32 Å². The molecule has 2 rings (SSSR count). The molecule has 0 aliphatic rings. The smallest absolute Gasteiger partial charge is 0.244 e. The van der Waals surface area contributed by atoms with E-state index in [-0.39, 0.29) is 12.5 Å². The number of hydrogen-bond acceptors (Lipinski definition) is 4. The number of carbonyl (C=O) groups excluding carboxylic acids is 2. The summed E-state index contributed by atoms with van der Waals surface area (Å²) in [7, 11) is -3.75. The molecule has 0 saturated carbocycles. The number of amides is 2. The standard InChI is InChI=1S/C25H34ClN3O4S/c1-5-7-15-27-25(31)19(3)28(17-21-9-8-10-22(26)16-21)24(30)18-29(34(4,32)33)23-13-11-20(6-2)12-14-23/h8-14,16,19H,5-7,15,17-18H2,1-4H3,(H,27,31)/t19-/m0/s1. The number of halogens is 1. The molecule has 1 N–H and O–H groups in total. The maximum atomic E-state index is 13.5. The van der Waals surface area contributed by atoms with Crippen molar-refractivity contribution in [3.05, 3.63) is 64.7 Å². The number of sulfonamides is 1. The lowest BCUT2D eigenvalue weighted by Crippen LogP contribution is -2.51. The lowest BCUT2D eigenvalue weighted by atomic mass is 10.1. The highest BCUT2D eigenvalue weighted by atomic mass is 35.5. The molecule has 0 fully saturated rings. The van der Waals surface area contributed by atoms with E-state index < -0.39 is 28.5 Å². The van der Waals surface area contributed by atoms with Crippen molar-refractivity contribution in [3.63, 3.8) is 0 Å². The lowest BCUT2D eigenvalue weighted by Gasteiger charge is -2.31. The van der Waals surface area contributed by atoms with Crippen molar-refractivity contribution >= 4 is 39.1 Å².